The molecule has 104 valence electrons. The van der Waals surface area contributed by atoms with Gasteiger partial charge in [0, 0.05) is 11.6 Å². The lowest BCUT2D eigenvalue weighted by atomic mass is 9.93. The van der Waals surface area contributed by atoms with Crippen LogP contribution in [0.2, 0.25) is 0 Å². The number of rotatable bonds is 4. The molecule has 1 rings (SSSR count). The third-order valence-corrected chi connectivity index (χ3v) is 2.51. The quantitative estimate of drug-likeness (QED) is 0.583. The second-order valence-electron chi connectivity index (χ2n) is 3.61. The summed E-state index contributed by atoms with van der Waals surface area (Å²) in [6.45, 7) is 0. The molecule has 0 spiro atoms. The van der Waals surface area contributed by atoms with Gasteiger partial charge in [-0.3, -0.25) is 0 Å². The lowest BCUT2D eigenvalue weighted by Crippen LogP contribution is -2.45. The molecule has 0 unspecified atom stereocenters. The van der Waals surface area contributed by atoms with Crippen LogP contribution in [0.4, 0.5) is 0 Å². The molecular weight excluding hydrogens is 256 g/mol. The van der Waals surface area contributed by atoms with Crippen LogP contribution in [0.5, 0.6) is 11.5 Å². The van der Waals surface area contributed by atoms with Crippen molar-refractivity contribution in [2.45, 2.75) is 5.60 Å². The van der Waals surface area contributed by atoms with Crippen molar-refractivity contribution in [3.05, 3.63) is 23.8 Å². The zero-order chi connectivity index (χ0) is 14.6. The maximum atomic E-state index is 11.6. The van der Waals surface area contributed by atoms with Crippen molar-refractivity contribution in [1.82, 2.24) is 0 Å². The molecule has 0 heterocycles. The molecule has 2 N–H and O–H groups in total. The van der Waals surface area contributed by atoms with Crippen molar-refractivity contribution in [2.75, 3.05) is 21.3 Å². The summed E-state index contributed by atoms with van der Waals surface area (Å²) < 4.78 is 13.7. The Balaban J connectivity index is 3.45. The number of aromatic hydroxyl groups is 1. The number of hydrogen-bond donors (Lipinski definition) is 2. The van der Waals surface area contributed by atoms with Crippen molar-refractivity contribution in [3.63, 3.8) is 0 Å². The average molecular weight is 270 g/mol. The van der Waals surface area contributed by atoms with E-state index in [4.69, 9.17) is 4.74 Å². The van der Waals surface area contributed by atoms with E-state index < -0.39 is 17.5 Å². The Kier molecular flexibility index (Phi) is 4.34. The van der Waals surface area contributed by atoms with Gasteiger partial charge in [-0.15, -0.1) is 0 Å². The van der Waals surface area contributed by atoms with Crippen LogP contribution in [-0.4, -0.2) is 43.5 Å². The van der Waals surface area contributed by atoms with Gasteiger partial charge < -0.3 is 24.4 Å². The highest BCUT2D eigenvalue weighted by atomic mass is 16.6. The van der Waals surface area contributed by atoms with E-state index >= 15 is 0 Å². The Morgan fingerprint density at radius 2 is 1.58 bits per heavy atom. The van der Waals surface area contributed by atoms with E-state index in [-0.39, 0.29) is 17.1 Å². The summed E-state index contributed by atoms with van der Waals surface area (Å²) in [5, 5.41) is 19.8. The van der Waals surface area contributed by atoms with E-state index in [2.05, 4.69) is 9.47 Å². The predicted molar refractivity (Wildman–Crippen MR) is 62.6 cm³/mol. The first-order valence-corrected chi connectivity index (χ1v) is 5.17. The van der Waals surface area contributed by atoms with Gasteiger partial charge in [0.05, 0.1) is 21.3 Å². The molecule has 1 aromatic carbocycles. The first kappa shape index (κ1) is 14.8. The summed E-state index contributed by atoms with van der Waals surface area (Å²) in [5.74, 6) is -2.60. The van der Waals surface area contributed by atoms with Crippen LogP contribution >= 0.6 is 0 Å². The minimum absolute atomic E-state index is 0.154. The monoisotopic (exact) mass is 270 g/mol. The molecule has 1 aromatic rings. The van der Waals surface area contributed by atoms with E-state index in [1.165, 1.54) is 19.2 Å². The predicted octanol–water partition coefficient (Wildman–Crippen LogP) is -0.0656. The highest BCUT2D eigenvalue weighted by Gasteiger charge is 2.49. The van der Waals surface area contributed by atoms with Crippen molar-refractivity contribution in [1.29, 1.82) is 0 Å². The molecule has 0 aliphatic carbocycles. The standard InChI is InChI=1S/C12H14O7/c1-17-9-5-7(4-8(13)6-9)12(16,10(14)18-2)11(15)19-3/h4-6,13,16H,1-3H3. The number of benzene rings is 1. The van der Waals surface area contributed by atoms with Gasteiger partial charge in [0.2, 0.25) is 0 Å². The Hall–Kier alpha value is -2.28. The van der Waals surface area contributed by atoms with Gasteiger partial charge in [0.25, 0.3) is 5.60 Å². The molecule has 0 aliphatic rings. The number of aliphatic hydroxyl groups is 1. The van der Waals surface area contributed by atoms with Crippen LogP contribution in [0.3, 0.4) is 0 Å². The van der Waals surface area contributed by atoms with Gasteiger partial charge in [-0.1, -0.05) is 0 Å². The van der Waals surface area contributed by atoms with Crippen molar-refractivity contribution in [2.24, 2.45) is 0 Å². The van der Waals surface area contributed by atoms with Gasteiger partial charge in [-0.2, -0.15) is 0 Å². The van der Waals surface area contributed by atoms with Crippen LogP contribution in [-0.2, 0) is 24.7 Å². The highest BCUT2D eigenvalue weighted by molar-refractivity contribution is 6.04. The van der Waals surface area contributed by atoms with Crippen LogP contribution < -0.4 is 4.74 Å². The fourth-order valence-electron chi connectivity index (χ4n) is 1.52. The molecule has 7 nitrogen and oxygen atoms in total. The van der Waals surface area contributed by atoms with Gasteiger partial charge >= 0.3 is 11.9 Å². The third-order valence-electron chi connectivity index (χ3n) is 2.51. The van der Waals surface area contributed by atoms with E-state index in [0.29, 0.717) is 0 Å². The molecule has 0 aliphatic heterocycles. The number of esters is 2. The lowest BCUT2D eigenvalue weighted by Gasteiger charge is -2.23. The molecule has 0 bridgehead atoms. The molecular formula is C12H14O7. The minimum Gasteiger partial charge on any atom is -0.508 e. The highest BCUT2D eigenvalue weighted by Crippen LogP contribution is 2.31. The van der Waals surface area contributed by atoms with Crippen molar-refractivity contribution in [3.8, 4) is 11.5 Å². The Bertz CT molecular complexity index is 479. The fraction of sp³-hybridized carbons (Fsp3) is 0.333. The molecule has 0 saturated carbocycles. The van der Waals surface area contributed by atoms with Crippen molar-refractivity contribution >= 4 is 11.9 Å². The number of ether oxygens (including phenoxy) is 3. The largest absolute Gasteiger partial charge is 0.508 e. The molecule has 0 aromatic heterocycles. The normalized spacial score (nSPS) is 10.7. The van der Waals surface area contributed by atoms with Gasteiger partial charge in [0.1, 0.15) is 11.5 Å². The van der Waals surface area contributed by atoms with E-state index in [1.807, 2.05) is 0 Å². The summed E-state index contributed by atoms with van der Waals surface area (Å²) in [5.41, 5.74) is -2.89. The Labute approximate surface area is 109 Å². The van der Waals surface area contributed by atoms with Gasteiger partial charge in [0.15, 0.2) is 0 Å². The smallest absolute Gasteiger partial charge is 0.354 e. The second-order valence-corrected chi connectivity index (χ2v) is 3.61. The number of methoxy groups -OCH3 is 3. The van der Waals surface area contributed by atoms with Crippen LogP contribution in [0.25, 0.3) is 0 Å². The number of carbonyl (C=O) groups excluding carboxylic acids is 2. The summed E-state index contributed by atoms with van der Waals surface area (Å²) in [6.07, 6.45) is 0. The summed E-state index contributed by atoms with van der Waals surface area (Å²) in [6, 6.07) is 3.50. The zero-order valence-corrected chi connectivity index (χ0v) is 10.7. The SMILES string of the molecule is COC(=O)C(O)(C(=O)OC)c1cc(O)cc(OC)c1. The molecule has 19 heavy (non-hydrogen) atoms. The number of phenols is 1. The van der Waals surface area contributed by atoms with Gasteiger partial charge in [-0.25, -0.2) is 9.59 Å². The summed E-state index contributed by atoms with van der Waals surface area (Å²) in [4.78, 5) is 23.3. The minimum atomic E-state index is -2.67. The first-order valence-electron chi connectivity index (χ1n) is 5.17. The maximum Gasteiger partial charge on any atom is 0.354 e. The Morgan fingerprint density at radius 1 is 1.05 bits per heavy atom. The Morgan fingerprint density at radius 3 is 2.00 bits per heavy atom. The number of hydrogen-bond acceptors (Lipinski definition) is 7. The van der Waals surface area contributed by atoms with E-state index in [1.54, 1.807) is 0 Å². The zero-order valence-electron chi connectivity index (χ0n) is 10.7. The van der Waals surface area contributed by atoms with Crippen LogP contribution in [0.15, 0.2) is 18.2 Å². The first-order chi connectivity index (χ1) is 8.89. The van der Waals surface area contributed by atoms with E-state index in [0.717, 1.165) is 20.3 Å². The lowest BCUT2D eigenvalue weighted by molar-refractivity contribution is -0.181. The number of phenolic OH excluding ortho intramolecular Hbond substituents is 1. The summed E-state index contributed by atoms with van der Waals surface area (Å²) >= 11 is 0. The van der Waals surface area contributed by atoms with Gasteiger partial charge in [-0.05, 0) is 12.1 Å². The van der Waals surface area contributed by atoms with E-state index in [9.17, 15) is 19.8 Å². The van der Waals surface area contributed by atoms with Crippen LogP contribution in [0.1, 0.15) is 5.56 Å². The molecule has 0 saturated heterocycles. The number of carbonyl (C=O) groups is 2. The molecule has 0 amide bonds. The molecule has 7 heteroatoms. The molecule has 0 fully saturated rings. The molecule has 0 atom stereocenters. The molecule has 0 radical (unpaired) electrons. The fourth-order valence-corrected chi connectivity index (χ4v) is 1.52. The maximum absolute atomic E-state index is 11.6. The topological polar surface area (TPSA) is 102 Å². The van der Waals surface area contributed by atoms with Crippen LogP contribution in [0, 0.1) is 0 Å². The van der Waals surface area contributed by atoms with Crippen molar-refractivity contribution < 1.29 is 34.0 Å². The second kappa shape index (κ2) is 5.57. The summed E-state index contributed by atoms with van der Waals surface area (Å²) in [7, 11) is 3.35. The average Bonchev–Trinajstić information content (AvgIpc) is 2.43. The third kappa shape index (κ3) is 2.60.